The molecule has 1 aliphatic heterocycles. The van der Waals surface area contributed by atoms with Crippen LogP contribution in [0.3, 0.4) is 0 Å². The summed E-state index contributed by atoms with van der Waals surface area (Å²) in [5.74, 6) is 0.579. The lowest BCUT2D eigenvalue weighted by Gasteiger charge is -2.20. The number of aliphatic hydroxyl groups excluding tert-OH is 1. The Hall–Kier alpha value is -2.37. The zero-order chi connectivity index (χ0) is 16.9. The van der Waals surface area contributed by atoms with Crippen molar-refractivity contribution in [1.82, 2.24) is 5.32 Å². The molecular weight excluding hydrogens is 304 g/mol. The molecule has 24 heavy (non-hydrogen) atoms. The number of amides is 1. The third-order valence-corrected chi connectivity index (χ3v) is 4.06. The zero-order valence-corrected chi connectivity index (χ0v) is 13.7. The van der Waals surface area contributed by atoms with E-state index in [1.807, 2.05) is 48.5 Å². The Morgan fingerprint density at radius 2 is 2.04 bits per heavy atom. The summed E-state index contributed by atoms with van der Waals surface area (Å²) in [6, 6.07) is 15.6. The number of ether oxygens (including phenoxy) is 1. The number of benzene rings is 2. The van der Waals surface area contributed by atoms with Crippen molar-refractivity contribution in [2.24, 2.45) is 0 Å². The van der Waals surface area contributed by atoms with Gasteiger partial charge in [0.2, 0.25) is 0 Å². The largest absolute Gasteiger partial charge is 0.482 e. The first-order valence-corrected chi connectivity index (χ1v) is 8.14. The van der Waals surface area contributed by atoms with Gasteiger partial charge in [0, 0.05) is 12.6 Å². The van der Waals surface area contributed by atoms with Crippen LogP contribution in [0.5, 0.6) is 5.75 Å². The third kappa shape index (κ3) is 4.13. The molecule has 1 heterocycles. The number of aliphatic hydroxyl groups is 1. The maximum Gasteiger partial charge on any atom is 0.262 e. The van der Waals surface area contributed by atoms with Crippen LogP contribution in [0.25, 0.3) is 0 Å². The lowest BCUT2D eigenvalue weighted by Crippen LogP contribution is -2.32. The summed E-state index contributed by atoms with van der Waals surface area (Å²) >= 11 is 0. The summed E-state index contributed by atoms with van der Waals surface area (Å²) in [4.78, 5) is 11.4. The van der Waals surface area contributed by atoms with Gasteiger partial charge in [0.05, 0.1) is 11.8 Å². The quantitative estimate of drug-likeness (QED) is 0.762. The van der Waals surface area contributed by atoms with Gasteiger partial charge < -0.3 is 20.5 Å². The molecule has 0 fully saturated rings. The second-order valence-electron chi connectivity index (χ2n) is 6.11. The summed E-state index contributed by atoms with van der Waals surface area (Å²) in [6.07, 6.45) is 0.273. The van der Waals surface area contributed by atoms with Crippen molar-refractivity contribution < 1.29 is 14.6 Å². The van der Waals surface area contributed by atoms with Crippen LogP contribution in [-0.2, 0) is 11.2 Å². The van der Waals surface area contributed by atoms with Crippen LogP contribution >= 0.6 is 0 Å². The molecule has 0 aromatic heterocycles. The molecule has 0 radical (unpaired) electrons. The van der Waals surface area contributed by atoms with E-state index in [4.69, 9.17) is 4.74 Å². The van der Waals surface area contributed by atoms with Gasteiger partial charge in [0.15, 0.2) is 6.61 Å². The van der Waals surface area contributed by atoms with Crippen molar-refractivity contribution in [1.29, 1.82) is 0 Å². The molecule has 0 bridgehead atoms. The second kappa shape index (κ2) is 7.47. The van der Waals surface area contributed by atoms with Crippen LogP contribution in [0.15, 0.2) is 48.5 Å². The molecule has 3 N–H and O–H groups in total. The molecule has 1 aliphatic rings. The number of carbonyl (C=O) groups is 1. The van der Waals surface area contributed by atoms with Gasteiger partial charge in [-0.3, -0.25) is 4.79 Å². The lowest BCUT2D eigenvalue weighted by atomic mass is 10.0. The van der Waals surface area contributed by atoms with Gasteiger partial charge in [-0.1, -0.05) is 36.4 Å². The summed E-state index contributed by atoms with van der Waals surface area (Å²) < 4.78 is 5.36. The molecule has 5 heteroatoms. The van der Waals surface area contributed by atoms with E-state index >= 15 is 0 Å². The Labute approximate surface area is 141 Å². The number of fused-ring (bicyclic) bond motifs is 1. The first-order chi connectivity index (χ1) is 11.6. The smallest absolute Gasteiger partial charge is 0.262 e. The molecule has 0 aliphatic carbocycles. The Kier molecular flexibility index (Phi) is 5.13. The minimum atomic E-state index is -0.523. The normalized spacial score (nSPS) is 15.8. The van der Waals surface area contributed by atoms with E-state index in [2.05, 4.69) is 17.6 Å². The van der Waals surface area contributed by atoms with E-state index in [1.165, 1.54) is 0 Å². The van der Waals surface area contributed by atoms with Crippen molar-refractivity contribution in [3.05, 3.63) is 59.7 Å². The predicted octanol–water partition coefficient (Wildman–Crippen LogP) is 2.27. The minimum absolute atomic E-state index is 0.0711. The van der Waals surface area contributed by atoms with E-state index in [-0.39, 0.29) is 18.6 Å². The molecule has 2 atom stereocenters. The van der Waals surface area contributed by atoms with Gasteiger partial charge in [-0.2, -0.15) is 0 Å². The van der Waals surface area contributed by atoms with Crippen molar-refractivity contribution in [2.45, 2.75) is 25.5 Å². The number of nitrogens with one attached hydrogen (secondary N) is 2. The van der Waals surface area contributed by atoms with Crippen LogP contribution in [0, 0.1) is 0 Å². The molecule has 0 saturated carbocycles. The maximum atomic E-state index is 11.4. The van der Waals surface area contributed by atoms with Crippen LogP contribution < -0.4 is 15.4 Å². The summed E-state index contributed by atoms with van der Waals surface area (Å²) in [5, 5.41) is 16.4. The predicted molar refractivity (Wildman–Crippen MR) is 93.1 cm³/mol. The highest BCUT2D eigenvalue weighted by atomic mass is 16.5. The summed E-state index contributed by atoms with van der Waals surface area (Å²) in [7, 11) is 0. The van der Waals surface area contributed by atoms with Gasteiger partial charge in [-0.05, 0) is 36.6 Å². The number of rotatable bonds is 6. The Morgan fingerprint density at radius 3 is 2.83 bits per heavy atom. The molecule has 1 amide bonds. The van der Waals surface area contributed by atoms with Crippen molar-refractivity contribution in [3.63, 3.8) is 0 Å². The topological polar surface area (TPSA) is 70.6 Å². The van der Waals surface area contributed by atoms with E-state index in [0.717, 1.165) is 23.2 Å². The van der Waals surface area contributed by atoms with Crippen molar-refractivity contribution in [2.75, 3.05) is 18.5 Å². The molecular formula is C19H22N2O3. The van der Waals surface area contributed by atoms with Crippen LogP contribution in [0.4, 0.5) is 5.69 Å². The molecule has 0 saturated heterocycles. The SMILES string of the molecule is CC(Cc1ccc2c(c1)NC(=O)CO2)NCC(O)c1ccccc1. The number of hydrogen-bond acceptors (Lipinski definition) is 4. The number of hydrogen-bond donors (Lipinski definition) is 3. The monoisotopic (exact) mass is 326 g/mol. The third-order valence-electron chi connectivity index (χ3n) is 4.06. The van der Waals surface area contributed by atoms with E-state index < -0.39 is 6.10 Å². The molecule has 3 rings (SSSR count). The van der Waals surface area contributed by atoms with Crippen LogP contribution in [0.1, 0.15) is 24.2 Å². The lowest BCUT2D eigenvalue weighted by molar-refractivity contribution is -0.118. The molecule has 126 valence electrons. The average molecular weight is 326 g/mol. The zero-order valence-electron chi connectivity index (χ0n) is 13.7. The second-order valence-corrected chi connectivity index (χ2v) is 6.11. The summed E-state index contributed by atoms with van der Waals surface area (Å²) in [6.45, 7) is 2.64. The van der Waals surface area contributed by atoms with Crippen molar-refractivity contribution >= 4 is 11.6 Å². The number of carbonyl (C=O) groups excluding carboxylic acids is 1. The average Bonchev–Trinajstić information content (AvgIpc) is 2.60. The van der Waals surface area contributed by atoms with Gasteiger partial charge in [-0.25, -0.2) is 0 Å². The van der Waals surface area contributed by atoms with Gasteiger partial charge in [-0.15, -0.1) is 0 Å². The van der Waals surface area contributed by atoms with Gasteiger partial charge in [0.1, 0.15) is 5.75 Å². The highest BCUT2D eigenvalue weighted by Crippen LogP contribution is 2.28. The van der Waals surface area contributed by atoms with E-state index in [1.54, 1.807) is 0 Å². The fraction of sp³-hybridized carbons (Fsp3) is 0.316. The molecule has 0 spiro atoms. The maximum absolute atomic E-state index is 11.4. The molecule has 5 nitrogen and oxygen atoms in total. The standard InChI is InChI=1S/C19H22N2O3/c1-13(20-11-17(22)15-5-3-2-4-6-15)9-14-7-8-18-16(10-14)21-19(23)12-24-18/h2-8,10,13,17,20,22H,9,11-12H2,1H3,(H,21,23). The van der Waals surface area contributed by atoms with E-state index in [9.17, 15) is 9.90 Å². The molecule has 2 unspecified atom stereocenters. The highest BCUT2D eigenvalue weighted by molar-refractivity contribution is 5.95. The Morgan fingerprint density at radius 1 is 1.25 bits per heavy atom. The Bertz CT molecular complexity index is 703. The van der Waals surface area contributed by atoms with Crippen LogP contribution in [-0.4, -0.2) is 30.2 Å². The Balaban J connectivity index is 1.54. The first-order valence-electron chi connectivity index (χ1n) is 8.14. The van der Waals surface area contributed by atoms with E-state index in [0.29, 0.717) is 12.3 Å². The molecule has 2 aromatic rings. The highest BCUT2D eigenvalue weighted by Gasteiger charge is 2.16. The van der Waals surface area contributed by atoms with Crippen LogP contribution in [0.2, 0.25) is 0 Å². The summed E-state index contributed by atoms with van der Waals surface area (Å²) in [5.41, 5.74) is 2.74. The van der Waals surface area contributed by atoms with Gasteiger partial charge >= 0.3 is 0 Å². The minimum Gasteiger partial charge on any atom is -0.482 e. The fourth-order valence-electron chi connectivity index (χ4n) is 2.79. The molecule has 2 aromatic carbocycles. The van der Waals surface area contributed by atoms with Gasteiger partial charge in [0.25, 0.3) is 5.91 Å². The fourth-order valence-corrected chi connectivity index (χ4v) is 2.79. The van der Waals surface area contributed by atoms with Crippen molar-refractivity contribution in [3.8, 4) is 5.75 Å². The first kappa shape index (κ1) is 16.5. The number of anilines is 1.